The number of ether oxygens (including phenoxy) is 1. The molecule has 1 N–H and O–H groups in total. The summed E-state index contributed by atoms with van der Waals surface area (Å²) in [4.78, 5) is 33.9. The zero-order chi connectivity index (χ0) is 21.3. The molecule has 0 saturated carbocycles. The van der Waals surface area contributed by atoms with Crippen molar-refractivity contribution in [3.05, 3.63) is 35.9 Å². The summed E-state index contributed by atoms with van der Waals surface area (Å²) in [5, 5.41) is 3.22. The summed E-state index contributed by atoms with van der Waals surface area (Å²) in [5.41, 5.74) is 1.59. The van der Waals surface area contributed by atoms with Gasteiger partial charge in [0.15, 0.2) is 0 Å². The zero-order valence-corrected chi connectivity index (χ0v) is 18.0. The lowest BCUT2D eigenvalue weighted by atomic mass is 10.0. The van der Waals surface area contributed by atoms with Gasteiger partial charge in [0.1, 0.15) is 11.9 Å². The molecule has 2 saturated heterocycles. The van der Waals surface area contributed by atoms with E-state index >= 15 is 0 Å². The molecule has 2 aliphatic rings. The van der Waals surface area contributed by atoms with E-state index < -0.39 is 5.60 Å². The molecule has 0 bridgehead atoms. The highest BCUT2D eigenvalue weighted by Gasteiger charge is 2.43. The molecule has 2 aromatic rings. The molecule has 2 aliphatic heterocycles. The standard InChI is InChI=1S/C21H29N7O2/c1-14-5-6-17(22-7-14)8-23-18-24-13-25-19(26-18)27-9-15-11-28(12-16(15)10-27)20(29)30-21(2,3)4/h5-7,13,15-16H,8-12H2,1-4H3,(H,23,24,25,26)/t15-,16+. The van der Waals surface area contributed by atoms with Gasteiger partial charge < -0.3 is 19.9 Å². The van der Waals surface area contributed by atoms with E-state index in [2.05, 4.69) is 30.2 Å². The number of carbonyl (C=O) groups excluding carboxylic acids is 1. The van der Waals surface area contributed by atoms with Crippen molar-refractivity contribution in [1.82, 2.24) is 24.8 Å². The van der Waals surface area contributed by atoms with Crippen LogP contribution in [0.1, 0.15) is 32.0 Å². The van der Waals surface area contributed by atoms with Crippen LogP contribution in [0.15, 0.2) is 24.7 Å². The van der Waals surface area contributed by atoms with Crippen molar-refractivity contribution in [2.75, 3.05) is 36.4 Å². The van der Waals surface area contributed by atoms with Crippen LogP contribution < -0.4 is 10.2 Å². The van der Waals surface area contributed by atoms with E-state index in [9.17, 15) is 4.79 Å². The van der Waals surface area contributed by atoms with Crippen LogP contribution in [0.2, 0.25) is 0 Å². The van der Waals surface area contributed by atoms with Crippen molar-refractivity contribution in [3.63, 3.8) is 0 Å². The first-order chi connectivity index (χ1) is 14.3. The number of aryl methyl sites for hydroxylation is 1. The second-order valence-electron chi connectivity index (χ2n) is 9.10. The highest BCUT2D eigenvalue weighted by molar-refractivity contribution is 5.68. The van der Waals surface area contributed by atoms with Crippen molar-refractivity contribution in [3.8, 4) is 0 Å². The number of pyridine rings is 1. The molecule has 4 rings (SSSR count). The van der Waals surface area contributed by atoms with Gasteiger partial charge in [-0.2, -0.15) is 4.98 Å². The molecule has 30 heavy (non-hydrogen) atoms. The Morgan fingerprint density at radius 3 is 2.50 bits per heavy atom. The van der Waals surface area contributed by atoms with E-state index in [-0.39, 0.29) is 6.09 Å². The summed E-state index contributed by atoms with van der Waals surface area (Å²) >= 11 is 0. The van der Waals surface area contributed by atoms with Crippen LogP contribution in [0.5, 0.6) is 0 Å². The molecule has 160 valence electrons. The number of likely N-dealkylation sites (tertiary alicyclic amines) is 1. The van der Waals surface area contributed by atoms with Gasteiger partial charge in [-0.1, -0.05) is 6.07 Å². The van der Waals surface area contributed by atoms with Gasteiger partial charge in [-0.05, 0) is 39.3 Å². The first-order valence-electron chi connectivity index (χ1n) is 10.3. The van der Waals surface area contributed by atoms with Gasteiger partial charge >= 0.3 is 6.09 Å². The second-order valence-corrected chi connectivity index (χ2v) is 9.10. The fourth-order valence-electron chi connectivity index (χ4n) is 3.93. The molecule has 0 aliphatic carbocycles. The lowest BCUT2D eigenvalue weighted by Gasteiger charge is -2.26. The first kappa shape index (κ1) is 20.3. The molecule has 0 aromatic carbocycles. The van der Waals surface area contributed by atoms with Crippen molar-refractivity contribution in [2.45, 2.75) is 39.8 Å². The lowest BCUT2D eigenvalue weighted by Crippen LogP contribution is -2.37. The SMILES string of the molecule is Cc1ccc(CNc2ncnc(N3C[C@H]4CN(C(=O)OC(C)(C)C)C[C@H]4C3)n2)nc1. The van der Waals surface area contributed by atoms with Crippen LogP contribution >= 0.6 is 0 Å². The third-order valence-corrected chi connectivity index (χ3v) is 5.38. The number of nitrogens with zero attached hydrogens (tertiary/aromatic N) is 6. The van der Waals surface area contributed by atoms with Crippen molar-refractivity contribution >= 4 is 18.0 Å². The molecule has 2 atom stereocenters. The summed E-state index contributed by atoms with van der Waals surface area (Å²) in [5.74, 6) is 2.02. The Balaban J connectivity index is 1.33. The Hall–Kier alpha value is -2.97. The Labute approximate surface area is 176 Å². The number of carbonyl (C=O) groups is 1. The molecule has 1 amide bonds. The normalized spacial score (nSPS) is 20.9. The Bertz CT molecular complexity index is 883. The van der Waals surface area contributed by atoms with Gasteiger partial charge in [-0.3, -0.25) is 4.98 Å². The minimum absolute atomic E-state index is 0.222. The van der Waals surface area contributed by atoms with E-state index in [1.807, 2.05) is 50.9 Å². The number of fused-ring (bicyclic) bond motifs is 1. The van der Waals surface area contributed by atoms with E-state index in [1.54, 1.807) is 0 Å². The maximum absolute atomic E-state index is 12.3. The van der Waals surface area contributed by atoms with E-state index in [4.69, 9.17) is 4.74 Å². The third-order valence-electron chi connectivity index (χ3n) is 5.38. The largest absolute Gasteiger partial charge is 0.444 e. The maximum atomic E-state index is 12.3. The molecule has 0 spiro atoms. The fraction of sp³-hybridized carbons (Fsp3) is 0.571. The van der Waals surface area contributed by atoms with Crippen LogP contribution in [-0.2, 0) is 11.3 Å². The quantitative estimate of drug-likeness (QED) is 0.820. The van der Waals surface area contributed by atoms with Crippen LogP contribution in [0.3, 0.4) is 0 Å². The van der Waals surface area contributed by atoms with Gasteiger partial charge in [0.2, 0.25) is 11.9 Å². The number of hydrogen-bond acceptors (Lipinski definition) is 8. The molecule has 9 heteroatoms. The minimum atomic E-state index is -0.469. The van der Waals surface area contributed by atoms with Crippen LogP contribution in [0.25, 0.3) is 0 Å². The van der Waals surface area contributed by atoms with Gasteiger partial charge in [-0.25, -0.2) is 14.8 Å². The number of anilines is 2. The predicted octanol–water partition coefficient (Wildman–Crippen LogP) is 2.49. The van der Waals surface area contributed by atoms with Crippen molar-refractivity contribution < 1.29 is 9.53 Å². The first-order valence-corrected chi connectivity index (χ1v) is 10.3. The summed E-state index contributed by atoms with van der Waals surface area (Å²) in [7, 11) is 0. The summed E-state index contributed by atoms with van der Waals surface area (Å²) in [6.45, 7) is 11.3. The third kappa shape index (κ3) is 4.77. The zero-order valence-electron chi connectivity index (χ0n) is 18.0. The second kappa shape index (κ2) is 8.04. The minimum Gasteiger partial charge on any atom is -0.444 e. The Morgan fingerprint density at radius 2 is 1.87 bits per heavy atom. The van der Waals surface area contributed by atoms with Gasteiger partial charge in [0.05, 0.1) is 12.2 Å². The number of aromatic nitrogens is 4. The summed E-state index contributed by atoms with van der Waals surface area (Å²) in [6, 6.07) is 4.02. The van der Waals surface area contributed by atoms with E-state index in [0.29, 0.717) is 43.4 Å². The molecule has 0 radical (unpaired) electrons. The Kier molecular flexibility index (Phi) is 5.44. The molecule has 0 unspecified atom stereocenters. The van der Waals surface area contributed by atoms with Crippen LogP contribution in [0, 0.1) is 18.8 Å². The van der Waals surface area contributed by atoms with Gasteiger partial charge in [0.25, 0.3) is 0 Å². The Morgan fingerprint density at radius 1 is 1.13 bits per heavy atom. The van der Waals surface area contributed by atoms with Crippen LogP contribution in [0.4, 0.5) is 16.7 Å². The van der Waals surface area contributed by atoms with E-state index in [1.165, 1.54) is 6.33 Å². The van der Waals surface area contributed by atoms with Gasteiger partial charge in [0, 0.05) is 44.2 Å². The molecule has 4 heterocycles. The van der Waals surface area contributed by atoms with Crippen LogP contribution in [-0.4, -0.2) is 62.7 Å². The summed E-state index contributed by atoms with van der Waals surface area (Å²) in [6.07, 6.45) is 3.16. The van der Waals surface area contributed by atoms with Crippen molar-refractivity contribution in [1.29, 1.82) is 0 Å². The average molecular weight is 412 g/mol. The highest BCUT2D eigenvalue weighted by atomic mass is 16.6. The van der Waals surface area contributed by atoms with E-state index in [0.717, 1.165) is 24.3 Å². The number of nitrogens with one attached hydrogen (secondary N) is 1. The molecule has 2 aromatic heterocycles. The smallest absolute Gasteiger partial charge is 0.410 e. The maximum Gasteiger partial charge on any atom is 0.410 e. The van der Waals surface area contributed by atoms with Gasteiger partial charge in [-0.15, -0.1) is 0 Å². The number of amides is 1. The number of hydrogen-bond donors (Lipinski definition) is 1. The molecule has 2 fully saturated rings. The van der Waals surface area contributed by atoms with Crippen molar-refractivity contribution in [2.24, 2.45) is 11.8 Å². The number of rotatable bonds is 4. The fourth-order valence-corrected chi connectivity index (χ4v) is 3.93. The molecular formula is C21H29N7O2. The average Bonchev–Trinajstić information content (AvgIpc) is 3.26. The predicted molar refractivity (Wildman–Crippen MR) is 113 cm³/mol. The highest BCUT2D eigenvalue weighted by Crippen LogP contribution is 2.33. The monoisotopic (exact) mass is 411 g/mol. The molecule has 9 nitrogen and oxygen atoms in total. The lowest BCUT2D eigenvalue weighted by molar-refractivity contribution is 0.0282. The molecular weight excluding hydrogens is 382 g/mol. The topological polar surface area (TPSA) is 96.4 Å². The summed E-state index contributed by atoms with van der Waals surface area (Å²) < 4.78 is 5.51.